The predicted molar refractivity (Wildman–Crippen MR) is 111 cm³/mol. The van der Waals surface area contributed by atoms with Crippen molar-refractivity contribution < 1.29 is 14.0 Å². The molecule has 0 unspecified atom stereocenters. The number of aromatic nitrogens is 3. The quantitative estimate of drug-likeness (QED) is 0.686. The molecule has 3 fully saturated rings. The van der Waals surface area contributed by atoms with Crippen molar-refractivity contribution in [2.75, 3.05) is 33.4 Å². The van der Waals surface area contributed by atoms with Crippen LogP contribution in [0.2, 0.25) is 0 Å². The Labute approximate surface area is 178 Å². The molecular weight excluding hydrogens is 380 g/mol. The molecule has 2 aromatic rings. The minimum atomic E-state index is 0.0619. The van der Waals surface area contributed by atoms with E-state index in [1.165, 1.54) is 19.3 Å². The molecule has 0 bridgehead atoms. The van der Waals surface area contributed by atoms with Gasteiger partial charge < -0.3 is 14.0 Å². The number of hydrogen-bond acceptors (Lipinski definition) is 7. The van der Waals surface area contributed by atoms with Crippen LogP contribution >= 0.6 is 0 Å². The Morgan fingerprint density at radius 3 is 2.63 bits per heavy atom. The van der Waals surface area contributed by atoms with Gasteiger partial charge >= 0.3 is 0 Å². The van der Waals surface area contributed by atoms with E-state index in [9.17, 15) is 0 Å². The zero-order chi connectivity index (χ0) is 20.4. The maximum atomic E-state index is 5.78. The van der Waals surface area contributed by atoms with Gasteiger partial charge in [0.15, 0.2) is 5.82 Å². The lowest BCUT2D eigenvalue weighted by Crippen LogP contribution is -2.43. The zero-order valence-corrected chi connectivity index (χ0v) is 17.9. The van der Waals surface area contributed by atoms with Crippen LogP contribution in [-0.4, -0.2) is 53.4 Å². The van der Waals surface area contributed by atoms with E-state index in [4.69, 9.17) is 19.0 Å². The summed E-state index contributed by atoms with van der Waals surface area (Å²) in [5, 5.41) is 4.53. The van der Waals surface area contributed by atoms with Crippen molar-refractivity contribution in [2.45, 2.75) is 62.8 Å². The molecule has 2 aromatic heterocycles. The Kier molecular flexibility index (Phi) is 5.74. The van der Waals surface area contributed by atoms with Crippen LogP contribution in [0.3, 0.4) is 0 Å². The van der Waals surface area contributed by atoms with E-state index in [-0.39, 0.29) is 5.41 Å². The van der Waals surface area contributed by atoms with Gasteiger partial charge in [0, 0.05) is 37.2 Å². The van der Waals surface area contributed by atoms with Gasteiger partial charge in [0.25, 0.3) is 0 Å². The molecule has 0 N–H and O–H groups in total. The third-order valence-electron chi connectivity index (χ3n) is 7.05. The average Bonchev–Trinajstić information content (AvgIpc) is 3.46. The van der Waals surface area contributed by atoms with Crippen LogP contribution in [0.5, 0.6) is 5.88 Å². The highest BCUT2D eigenvalue weighted by Crippen LogP contribution is 2.47. The molecule has 2 aliphatic heterocycles. The lowest BCUT2D eigenvalue weighted by molar-refractivity contribution is 0.0778. The zero-order valence-electron chi connectivity index (χ0n) is 17.9. The molecular formula is C23H32N4O3. The Bertz CT molecular complexity index is 836. The molecule has 0 atom stereocenters. The Morgan fingerprint density at radius 1 is 1.10 bits per heavy atom. The molecule has 4 heterocycles. The van der Waals surface area contributed by atoms with Gasteiger partial charge in [0.05, 0.1) is 12.8 Å². The first kappa shape index (κ1) is 19.9. The number of ether oxygens (including phenoxy) is 2. The van der Waals surface area contributed by atoms with E-state index < -0.39 is 0 Å². The highest BCUT2D eigenvalue weighted by molar-refractivity contribution is 5.16. The minimum absolute atomic E-state index is 0.0619. The maximum absolute atomic E-state index is 5.78. The molecule has 1 saturated carbocycles. The number of rotatable bonds is 7. The molecule has 2 saturated heterocycles. The molecule has 1 aliphatic carbocycles. The van der Waals surface area contributed by atoms with Gasteiger partial charge in [-0.2, -0.15) is 4.98 Å². The molecule has 7 nitrogen and oxygen atoms in total. The molecule has 162 valence electrons. The normalized spacial score (nSPS) is 22.8. The molecule has 0 spiro atoms. The molecule has 5 rings (SSSR count). The SMILES string of the molecule is COc1cccc(CN2CCC(CC3CC3)(c3noc(C4CCOCC4)n3)CC2)n1. The second kappa shape index (κ2) is 8.63. The van der Waals surface area contributed by atoms with Gasteiger partial charge in [-0.05, 0) is 57.2 Å². The predicted octanol–water partition coefficient (Wildman–Crippen LogP) is 3.70. The fourth-order valence-electron chi connectivity index (χ4n) is 4.98. The van der Waals surface area contributed by atoms with Crippen LogP contribution in [0.25, 0.3) is 0 Å². The summed E-state index contributed by atoms with van der Waals surface area (Å²) >= 11 is 0. The van der Waals surface area contributed by atoms with Gasteiger partial charge in [-0.3, -0.25) is 4.90 Å². The van der Waals surface area contributed by atoms with Gasteiger partial charge in [0.2, 0.25) is 11.8 Å². The summed E-state index contributed by atoms with van der Waals surface area (Å²) in [5.74, 6) is 3.65. The first-order valence-electron chi connectivity index (χ1n) is 11.4. The summed E-state index contributed by atoms with van der Waals surface area (Å²) in [5.41, 5.74) is 1.12. The summed E-state index contributed by atoms with van der Waals surface area (Å²) in [4.78, 5) is 12.0. The number of pyridine rings is 1. The fraction of sp³-hybridized carbons (Fsp3) is 0.696. The van der Waals surface area contributed by atoms with Gasteiger partial charge in [-0.15, -0.1) is 0 Å². The molecule has 0 aromatic carbocycles. The smallest absolute Gasteiger partial charge is 0.229 e. The molecule has 30 heavy (non-hydrogen) atoms. The van der Waals surface area contributed by atoms with Crippen LogP contribution in [-0.2, 0) is 16.7 Å². The summed E-state index contributed by atoms with van der Waals surface area (Å²) < 4.78 is 16.5. The second-order valence-electron chi connectivity index (χ2n) is 9.22. The summed E-state index contributed by atoms with van der Waals surface area (Å²) in [7, 11) is 1.67. The monoisotopic (exact) mass is 412 g/mol. The first-order valence-corrected chi connectivity index (χ1v) is 11.4. The van der Waals surface area contributed by atoms with Gasteiger partial charge in [-0.25, -0.2) is 4.98 Å². The van der Waals surface area contributed by atoms with Crippen molar-refractivity contribution in [1.29, 1.82) is 0 Å². The van der Waals surface area contributed by atoms with E-state index in [1.807, 2.05) is 12.1 Å². The van der Waals surface area contributed by atoms with Crippen molar-refractivity contribution in [2.24, 2.45) is 5.92 Å². The average molecular weight is 413 g/mol. The summed E-state index contributed by atoms with van der Waals surface area (Å²) in [6, 6.07) is 5.99. The number of methoxy groups -OCH3 is 1. The number of nitrogens with zero attached hydrogens (tertiary/aromatic N) is 4. The Morgan fingerprint density at radius 2 is 1.90 bits per heavy atom. The van der Waals surface area contributed by atoms with E-state index >= 15 is 0 Å². The maximum Gasteiger partial charge on any atom is 0.229 e. The first-order chi connectivity index (χ1) is 14.7. The highest BCUT2D eigenvalue weighted by atomic mass is 16.5. The van der Waals surface area contributed by atoms with Crippen molar-refractivity contribution >= 4 is 0 Å². The largest absolute Gasteiger partial charge is 0.481 e. The van der Waals surface area contributed by atoms with E-state index in [0.29, 0.717) is 11.8 Å². The standard InChI is InChI=1S/C23H32N4O3/c1-28-20-4-2-3-19(24-20)16-27-11-9-23(10-12-27,15-17-5-6-17)22-25-21(30-26-22)18-7-13-29-14-8-18/h2-4,17-18H,5-16H2,1H3. The van der Waals surface area contributed by atoms with Crippen molar-refractivity contribution in [3.05, 3.63) is 35.6 Å². The lowest BCUT2D eigenvalue weighted by atomic mass is 9.73. The third kappa shape index (κ3) is 4.37. The summed E-state index contributed by atoms with van der Waals surface area (Å²) in [6.07, 6.45) is 8.04. The Balaban J connectivity index is 1.28. The number of hydrogen-bond donors (Lipinski definition) is 0. The lowest BCUT2D eigenvalue weighted by Gasteiger charge is -2.40. The number of piperidine rings is 1. The Hall–Kier alpha value is -1.99. The van der Waals surface area contributed by atoms with Crippen LogP contribution < -0.4 is 4.74 Å². The second-order valence-corrected chi connectivity index (χ2v) is 9.22. The topological polar surface area (TPSA) is 73.5 Å². The van der Waals surface area contributed by atoms with E-state index in [0.717, 1.165) is 81.9 Å². The minimum Gasteiger partial charge on any atom is -0.481 e. The van der Waals surface area contributed by atoms with Crippen molar-refractivity contribution in [3.63, 3.8) is 0 Å². The summed E-state index contributed by atoms with van der Waals surface area (Å²) in [6.45, 7) is 4.52. The van der Waals surface area contributed by atoms with Crippen LogP contribution in [0, 0.1) is 5.92 Å². The highest BCUT2D eigenvalue weighted by Gasteiger charge is 2.44. The number of likely N-dealkylation sites (tertiary alicyclic amines) is 1. The van der Waals surface area contributed by atoms with Crippen molar-refractivity contribution in [1.82, 2.24) is 20.0 Å². The van der Waals surface area contributed by atoms with Crippen molar-refractivity contribution in [3.8, 4) is 5.88 Å². The van der Waals surface area contributed by atoms with Crippen LogP contribution in [0.15, 0.2) is 22.7 Å². The van der Waals surface area contributed by atoms with Gasteiger partial charge in [0.1, 0.15) is 0 Å². The third-order valence-corrected chi connectivity index (χ3v) is 7.05. The fourth-order valence-corrected chi connectivity index (χ4v) is 4.98. The molecule has 7 heteroatoms. The van der Waals surface area contributed by atoms with Crippen LogP contribution in [0.4, 0.5) is 0 Å². The molecule has 0 amide bonds. The van der Waals surface area contributed by atoms with E-state index in [2.05, 4.69) is 21.1 Å². The van der Waals surface area contributed by atoms with E-state index in [1.54, 1.807) is 7.11 Å². The molecule has 0 radical (unpaired) electrons. The van der Waals surface area contributed by atoms with Crippen LogP contribution in [0.1, 0.15) is 68.3 Å². The molecule has 3 aliphatic rings. The van der Waals surface area contributed by atoms with Gasteiger partial charge in [-0.1, -0.05) is 24.1 Å².